The molecule has 0 spiro atoms. The molecule has 6 heteroatoms. The summed E-state index contributed by atoms with van der Waals surface area (Å²) in [5.74, 6) is -0.324. The number of methoxy groups -OCH3 is 1. The molecule has 0 radical (unpaired) electrons. The topological polar surface area (TPSA) is 70.1 Å². The molecule has 120 valence electrons. The number of rotatable bonds is 5. The molecule has 0 aliphatic rings. The van der Waals surface area contributed by atoms with Crippen LogP contribution in [0.2, 0.25) is 0 Å². The molecular formula is C16H22ClN3O2. The van der Waals surface area contributed by atoms with Crippen LogP contribution in [0.25, 0.3) is 11.1 Å². The Balaban J connectivity index is 0.00000242. The third-order valence-corrected chi connectivity index (χ3v) is 3.56. The molecule has 5 nitrogen and oxygen atoms in total. The van der Waals surface area contributed by atoms with Crippen molar-refractivity contribution in [2.45, 2.75) is 25.8 Å². The number of carbonyl (C=O) groups excluding carboxylic acids is 1. The van der Waals surface area contributed by atoms with Crippen LogP contribution in [-0.2, 0) is 21.5 Å². The van der Waals surface area contributed by atoms with Gasteiger partial charge in [-0.3, -0.25) is 4.68 Å². The molecule has 0 aliphatic carbocycles. The Labute approximate surface area is 136 Å². The number of aromatic nitrogens is 2. The molecular weight excluding hydrogens is 302 g/mol. The van der Waals surface area contributed by atoms with Crippen molar-refractivity contribution in [2.75, 3.05) is 13.7 Å². The van der Waals surface area contributed by atoms with Gasteiger partial charge in [-0.05, 0) is 37.9 Å². The molecule has 2 rings (SSSR count). The first-order chi connectivity index (χ1) is 9.98. The maximum Gasteiger partial charge on any atom is 0.333 e. The van der Waals surface area contributed by atoms with Crippen LogP contribution >= 0.6 is 12.4 Å². The summed E-state index contributed by atoms with van der Waals surface area (Å²) in [7, 11) is 1.38. The molecule has 1 aromatic carbocycles. The van der Waals surface area contributed by atoms with Crippen molar-refractivity contribution in [2.24, 2.45) is 5.73 Å². The molecule has 0 bridgehead atoms. The summed E-state index contributed by atoms with van der Waals surface area (Å²) < 4.78 is 6.44. The second-order valence-electron chi connectivity index (χ2n) is 5.46. The van der Waals surface area contributed by atoms with E-state index in [4.69, 9.17) is 10.5 Å². The largest absolute Gasteiger partial charge is 0.467 e. The molecule has 0 amide bonds. The lowest BCUT2D eigenvalue weighted by Crippen LogP contribution is -2.37. The minimum absolute atomic E-state index is 0. The predicted octanol–water partition coefficient (Wildman–Crippen LogP) is 2.38. The maximum absolute atomic E-state index is 11.8. The third kappa shape index (κ3) is 3.67. The standard InChI is InChI=1S/C16H21N3O2.ClH/c1-16(2,15(20)21-3)19-11-14(10-18-19)13-6-4-12(5-7-13)8-9-17;/h4-7,10-11H,8-9,17H2,1-3H3;1H. The molecule has 0 saturated carbocycles. The van der Waals surface area contributed by atoms with Crippen molar-refractivity contribution in [3.8, 4) is 11.1 Å². The molecule has 1 heterocycles. The minimum atomic E-state index is -0.827. The van der Waals surface area contributed by atoms with Gasteiger partial charge in [-0.2, -0.15) is 5.10 Å². The fourth-order valence-electron chi connectivity index (χ4n) is 2.15. The Morgan fingerprint density at radius 1 is 1.27 bits per heavy atom. The van der Waals surface area contributed by atoms with Crippen molar-refractivity contribution < 1.29 is 9.53 Å². The zero-order chi connectivity index (χ0) is 15.5. The smallest absolute Gasteiger partial charge is 0.333 e. The average Bonchev–Trinajstić information content (AvgIpc) is 2.98. The summed E-state index contributed by atoms with van der Waals surface area (Å²) in [6.07, 6.45) is 4.48. The van der Waals surface area contributed by atoms with Gasteiger partial charge in [0.1, 0.15) is 0 Å². The van der Waals surface area contributed by atoms with E-state index in [1.807, 2.05) is 18.3 Å². The van der Waals surface area contributed by atoms with Crippen LogP contribution in [-0.4, -0.2) is 29.4 Å². The number of esters is 1. The molecule has 0 atom stereocenters. The number of hydrogen-bond acceptors (Lipinski definition) is 4. The summed E-state index contributed by atoms with van der Waals surface area (Å²) in [5, 5.41) is 4.29. The van der Waals surface area contributed by atoms with Crippen LogP contribution in [0.15, 0.2) is 36.7 Å². The highest BCUT2D eigenvalue weighted by atomic mass is 35.5. The Morgan fingerprint density at radius 3 is 2.45 bits per heavy atom. The van der Waals surface area contributed by atoms with E-state index in [1.54, 1.807) is 24.7 Å². The fraction of sp³-hybridized carbons (Fsp3) is 0.375. The number of carbonyl (C=O) groups is 1. The minimum Gasteiger partial charge on any atom is -0.467 e. The lowest BCUT2D eigenvalue weighted by Gasteiger charge is -2.21. The lowest BCUT2D eigenvalue weighted by atomic mass is 10.0. The summed E-state index contributed by atoms with van der Waals surface area (Å²) in [4.78, 5) is 11.8. The van der Waals surface area contributed by atoms with Crippen molar-refractivity contribution in [3.63, 3.8) is 0 Å². The summed E-state index contributed by atoms with van der Waals surface area (Å²) in [5.41, 5.74) is 7.95. The zero-order valence-corrected chi connectivity index (χ0v) is 13.9. The first-order valence-corrected chi connectivity index (χ1v) is 6.92. The van der Waals surface area contributed by atoms with Gasteiger partial charge >= 0.3 is 5.97 Å². The predicted molar refractivity (Wildman–Crippen MR) is 89.0 cm³/mol. The lowest BCUT2D eigenvalue weighted by molar-refractivity contribution is -0.150. The highest BCUT2D eigenvalue weighted by Gasteiger charge is 2.31. The first kappa shape index (κ1) is 18.2. The number of nitrogens with zero attached hydrogens (tertiary/aromatic N) is 2. The van der Waals surface area contributed by atoms with Crippen molar-refractivity contribution in [3.05, 3.63) is 42.2 Å². The average molecular weight is 324 g/mol. The highest BCUT2D eigenvalue weighted by Crippen LogP contribution is 2.23. The van der Waals surface area contributed by atoms with E-state index in [9.17, 15) is 4.79 Å². The van der Waals surface area contributed by atoms with Gasteiger partial charge in [0.25, 0.3) is 0 Å². The quantitative estimate of drug-likeness (QED) is 0.858. The van der Waals surface area contributed by atoms with Gasteiger partial charge in [0, 0.05) is 11.8 Å². The number of nitrogens with two attached hydrogens (primary N) is 1. The van der Waals surface area contributed by atoms with Crippen LogP contribution in [0.3, 0.4) is 0 Å². The van der Waals surface area contributed by atoms with E-state index >= 15 is 0 Å². The van der Waals surface area contributed by atoms with Gasteiger partial charge in [0.15, 0.2) is 5.54 Å². The van der Waals surface area contributed by atoms with Crippen LogP contribution in [0.4, 0.5) is 0 Å². The van der Waals surface area contributed by atoms with Crippen LogP contribution < -0.4 is 5.73 Å². The summed E-state index contributed by atoms with van der Waals surface area (Å²) in [6.45, 7) is 4.20. The molecule has 0 fully saturated rings. The molecule has 22 heavy (non-hydrogen) atoms. The normalized spacial score (nSPS) is 10.9. The van der Waals surface area contributed by atoms with Gasteiger partial charge in [0.05, 0.1) is 13.3 Å². The monoisotopic (exact) mass is 323 g/mol. The number of hydrogen-bond donors (Lipinski definition) is 1. The van der Waals surface area contributed by atoms with E-state index in [-0.39, 0.29) is 18.4 Å². The van der Waals surface area contributed by atoms with Crippen molar-refractivity contribution in [1.82, 2.24) is 9.78 Å². The number of halogens is 1. The molecule has 1 aromatic heterocycles. The number of benzene rings is 1. The van der Waals surface area contributed by atoms with Gasteiger partial charge in [-0.25, -0.2) is 4.79 Å². The Bertz CT molecular complexity index is 621. The zero-order valence-electron chi connectivity index (χ0n) is 13.1. The van der Waals surface area contributed by atoms with E-state index in [1.165, 1.54) is 12.7 Å². The number of ether oxygens (including phenoxy) is 1. The SMILES string of the molecule is COC(=O)C(C)(C)n1cc(-c2ccc(CCN)cc2)cn1.Cl. The first-order valence-electron chi connectivity index (χ1n) is 6.92. The Morgan fingerprint density at radius 2 is 1.91 bits per heavy atom. The fourth-order valence-corrected chi connectivity index (χ4v) is 2.15. The van der Waals surface area contributed by atoms with E-state index in [2.05, 4.69) is 17.2 Å². The maximum atomic E-state index is 11.8. The van der Waals surface area contributed by atoms with Gasteiger partial charge in [-0.15, -0.1) is 12.4 Å². The summed E-state index contributed by atoms with van der Waals surface area (Å²) in [6, 6.07) is 8.20. The second kappa shape index (κ2) is 7.42. The molecule has 2 aromatic rings. The Hall–Kier alpha value is -1.85. The van der Waals surface area contributed by atoms with Gasteiger partial charge < -0.3 is 10.5 Å². The summed E-state index contributed by atoms with van der Waals surface area (Å²) >= 11 is 0. The molecule has 0 saturated heterocycles. The molecule has 0 unspecified atom stereocenters. The molecule has 2 N–H and O–H groups in total. The van der Waals surface area contributed by atoms with E-state index in [0.29, 0.717) is 6.54 Å². The van der Waals surface area contributed by atoms with Crippen LogP contribution in [0.1, 0.15) is 19.4 Å². The third-order valence-electron chi connectivity index (χ3n) is 3.56. The van der Waals surface area contributed by atoms with E-state index in [0.717, 1.165) is 17.5 Å². The molecule has 0 aliphatic heterocycles. The van der Waals surface area contributed by atoms with Crippen LogP contribution in [0.5, 0.6) is 0 Å². The van der Waals surface area contributed by atoms with Crippen molar-refractivity contribution >= 4 is 18.4 Å². The highest BCUT2D eigenvalue weighted by molar-refractivity contribution is 5.85. The van der Waals surface area contributed by atoms with Gasteiger partial charge in [0.2, 0.25) is 0 Å². The van der Waals surface area contributed by atoms with Crippen molar-refractivity contribution in [1.29, 1.82) is 0 Å². The van der Waals surface area contributed by atoms with E-state index < -0.39 is 5.54 Å². The second-order valence-corrected chi connectivity index (χ2v) is 5.46. The van der Waals surface area contributed by atoms with Crippen LogP contribution in [0, 0.1) is 0 Å². The Kier molecular flexibility index (Phi) is 6.14. The van der Waals surface area contributed by atoms with Gasteiger partial charge in [-0.1, -0.05) is 24.3 Å².